The summed E-state index contributed by atoms with van der Waals surface area (Å²) in [4.78, 5) is 0. The van der Waals surface area contributed by atoms with E-state index in [1.165, 1.54) is 43.9 Å². The minimum Gasteiger partial charge on any atom is -0.471 e. The van der Waals surface area contributed by atoms with E-state index < -0.39 is 0 Å². The van der Waals surface area contributed by atoms with Crippen LogP contribution < -0.4 is 0 Å². The minimum atomic E-state index is 0.237. The van der Waals surface area contributed by atoms with Gasteiger partial charge in [-0.05, 0) is 62.1 Å². The Morgan fingerprint density at radius 2 is 2.31 bits per heavy atom. The van der Waals surface area contributed by atoms with E-state index in [0.717, 1.165) is 6.42 Å². The van der Waals surface area contributed by atoms with Crippen LogP contribution >= 0.6 is 24.0 Å². The molecule has 2 aliphatic carbocycles. The molecular weight excluding hydrogens is 236 g/mol. The van der Waals surface area contributed by atoms with Crippen LogP contribution in [0.2, 0.25) is 0 Å². The van der Waals surface area contributed by atoms with Crippen molar-refractivity contribution in [3.63, 3.8) is 0 Å². The highest BCUT2D eigenvalue weighted by Crippen LogP contribution is 2.47. The van der Waals surface area contributed by atoms with Gasteiger partial charge in [0.1, 0.15) is 6.10 Å². The van der Waals surface area contributed by atoms with Crippen LogP contribution in [0.5, 0.6) is 0 Å². The molecule has 0 aromatic heterocycles. The molecule has 2 rings (SSSR count). The number of fused-ring (bicyclic) bond motifs is 1. The van der Waals surface area contributed by atoms with Crippen LogP contribution in [0.1, 0.15) is 45.4 Å². The molecule has 0 N–H and O–H groups in total. The monoisotopic (exact) mass is 256 g/mol. The number of ether oxygens (including phenoxy) is 1. The topological polar surface area (TPSA) is 9.23 Å². The van der Waals surface area contributed by atoms with Crippen molar-refractivity contribution >= 4 is 28.4 Å². The second-order valence-corrected chi connectivity index (χ2v) is 6.52. The summed E-state index contributed by atoms with van der Waals surface area (Å²) in [6.45, 7) is 2.42. The molecule has 0 aromatic rings. The Morgan fingerprint density at radius 1 is 1.50 bits per heavy atom. The first kappa shape index (κ1) is 12.4. The maximum Gasteiger partial charge on any atom is 0.220 e. The first-order chi connectivity index (χ1) is 7.64. The van der Waals surface area contributed by atoms with Crippen LogP contribution in [0.4, 0.5) is 0 Å². The van der Waals surface area contributed by atoms with Crippen LogP contribution in [0.3, 0.4) is 0 Å². The molecule has 1 nitrogen and oxygen atoms in total. The number of allylic oxidation sites excluding steroid dienone is 1. The average molecular weight is 256 g/mol. The lowest BCUT2D eigenvalue weighted by atomic mass is 9.66. The first-order valence-electron chi connectivity index (χ1n) is 6.10. The summed E-state index contributed by atoms with van der Waals surface area (Å²) in [5, 5.41) is 0. The zero-order valence-corrected chi connectivity index (χ0v) is 11.8. The third-order valence-corrected chi connectivity index (χ3v) is 5.01. The number of rotatable bonds is 1. The molecule has 16 heavy (non-hydrogen) atoms. The quantitative estimate of drug-likeness (QED) is 0.511. The van der Waals surface area contributed by atoms with E-state index in [0.29, 0.717) is 9.80 Å². The number of thiocarbonyl (C=S) groups is 1. The van der Waals surface area contributed by atoms with E-state index in [-0.39, 0.29) is 6.10 Å². The van der Waals surface area contributed by atoms with E-state index >= 15 is 0 Å². The zero-order valence-electron chi connectivity index (χ0n) is 10.1. The fraction of sp³-hybridized carbons (Fsp3) is 0.769. The van der Waals surface area contributed by atoms with Crippen molar-refractivity contribution in [2.24, 2.45) is 5.41 Å². The van der Waals surface area contributed by atoms with Crippen LogP contribution in [-0.2, 0) is 4.74 Å². The summed E-state index contributed by atoms with van der Waals surface area (Å²) in [6.07, 6.45) is 12.3. The van der Waals surface area contributed by atoms with Gasteiger partial charge in [0.05, 0.1) is 0 Å². The van der Waals surface area contributed by atoms with E-state index in [2.05, 4.69) is 13.0 Å². The Bertz CT molecular complexity index is 311. The molecule has 0 spiro atoms. The van der Waals surface area contributed by atoms with Crippen molar-refractivity contribution in [2.45, 2.75) is 51.6 Å². The fourth-order valence-corrected chi connectivity index (χ4v) is 3.24. The van der Waals surface area contributed by atoms with Gasteiger partial charge >= 0.3 is 0 Å². The normalized spacial score (nSPS) is 33.9. The molecule has 0 aromatic carbocycles. The fourth-order valence-electron chi connectivity index (χ4n) is 2.90. The van der Waals surface area contributed by atoms with Gasteiger partial charge in [0, 0.05) is 0 Å². The molecule has 0 unspecified atom stereocenters. The van der Waals surface area contributed by atoms with Crippen molar-refractivity contribution < 1.29 is 4.74 Å². The Balaban J connectivity index is 2.05. The standard InChI is InChI=1S/C13H20OS2/c1-13-7-4-3-5-10(13)9-11(6-8-13)14-12(15)16-2/h9,11H,3-8H2,1-2H3/t11-,13-/m0/s1. The van der Waals surface area contributed by atoms with Gasteiger partial charge in [-0.1, -0.05) is 30.7 Å². The van der Waals surface area contributed by atoms with Crippen molar-refractivity contribution in [3.05, 3.63) is 11.6 Å². The number of hydrogen-bond donors (Lipinski definition) is 0. The highest BCUT2D eigenvalue weighted by Gasteiger charge is 2.35. The van der Waals surface area contributed by atoms with Crippen LogP contribution in [-0.4, -0.2) is 16.7 Å². The summed E-state index contributed by atoms with van der Waals surface area (Å²) >= 11 is 6.65. The lowest BCUT2D eigenvalue weighted by molar-refractivity contribution is 0.168. The predicted molar refractivity (Wildman–Crippen MR) is 74.9 cm³/mol. The summed E-state index contributed by atoms with van der Waals surface area (Å²) in [5.74, 6) is 0. The Hall–Kier alpha value is -0.0200. The Morgan fingerprint density at radius 3 is 3.06 bits per heavy atom. The average Bonchev–Trinajstić information content (AvgIpc) is 2.29. The highest BCUT2D eigenvalue weighted by atomic mass is 32.2. The van der Waals surface area contributed by atoms with E-state index in [1.807, 2.05) is 6.26 Å². The molecule has 2 aliphatic rings. The van der Waals surface area contributed by atoms with Crippen molar-refractivity contribution in [1.82, 2.24) is 0 Å². The lowest BCUT2D eigenvalue weighted by Crippen LogP contribution is -2.31. The van der Waals surface area contributed by atoms with E-state index in [9.17, 15) is 0 Å². The third kappa shape index (κ3) is 2.62. The molecule has 0 radical (unpaired) electrons. The number of hydrogen-bond acceptors (Lipinski definition) is 3. The Kier molecular flexibility index (Phi) is 3.96. The van der Waals surface area contributed by atoms with Crippen LogP contribution in [0.25, 0.3) is 0 Å². The predicted octanol–water partition coefficient (Wildman–Crippen LogP) is 4.32. The first-order valence-corrected chi connectivity index (χ1v) is 7.73. The summed E-state index contributed by atoms with van der Waals surface area (Å²) in [5.41, 5.74) is 2.10. The van der Waals surface area contributed by atoms with Gasteiger partial charge in [-0.3, -0.25) is 0 Å². The largest absolute Gasteiger partial charge is 0.471 e. The van der Waals surface area contributed by atoms with Gasteiger partial charge in [-0.2, -0.15) is 0 Å². The maximum absolute atomic E-state index is 5.75. The molecule has 0 bridgehead atoms. The van der Waals surface area contributed by atoms with Gasteiger partial charge in [0.2, 0.25) is 4.38 Å². The minimum absolute atomic E-state index is 0.237. The van der Waals surface area contributed by atoms with Crippen molar-refractivity contribution in [2.75, 3.05) is 6.26 Å². The second-order valence-electron chi connectivity index (χ2n) is 5.11. The molecular formula is C13H20OS2. The van der Waals surface area contributed by atoms with Gasteiger partial charge in [0.15, 0.2) is 0 Å². The molecule has 90 valence electrons. The molecule has 1 fully saturated rings. The smallest absolute Gasteiger partial charge is 0.220 e. The molecule has 0 saturated heterocycles. The summed E-state index contributed by atoms with van der Waals surface area (Å²) < 4.78 is 6.43. The zero-order chi connectivity index (χ0) is 11.6. The number of thioether (sulfide) groups is 1. The van der Waals surface area contributed by atoms with Gasteiger partial charge in [-0.15, -0.1) is 0 Å². The Labute approximate surface area is 108 Å². The van der Waals surface area contributed by atoms with Crippen molar-refractivity contribution in [3.8, 4) is 0 Å². The molecule has 1 saturated carbocycles. The second kappa shape index (κ2) is 5.09. The van der Waals surface area contributed by atoms with Crippen LogP contribution in [0.15, 0.2) is 11.6 Å². The summed E-state index contributed by atoms with van der Waals surface area (Å²) in [6, 6.07) is 0. The van der Waals surface area contributed by atoms with Crippen molar-refractivity contribution in [1.29, 1.82) is 0 Å². The molecule has 0 aliphatic heterocycles. The maximum atomic E-state index is 5.75. The van der Waals surface area contributed by atoms with E-state index in [1.54, 1.807) is 5.57 Å². The molecule has 0 heterocycles. The van der Waals surface area contributed by atoms with Gasteiger partial charge < -0.3 is 4.74 Å². The van der Waals surface area contributed by atoms with Crippen LogP contribution in [0, 0.1) is 5.41 Å². The summed E-state index contributed by atoms with van der Waals surface area (Å²) in [7, 11) is 0. The SMILES string of the molecule is CSC(=S)O[C@@H]1C=C2CCCC[C@@]2(C)CC1. The van der Waals surface area contributed by atoms with Gasteiger partial charge in [-0.25, -0.2) is 0 Å². The molecule has 3 heteroatoms. The third-order valence-electron chi connectivity index (χ3n) is 3.98. The van der Waals surface area contributed by atoms with E-state index in [4.69, 9.17) is 17.0 Å². The molecule has 2 atom stereocenters. The molecule has 0 amide bonds. The highest BCUT2D eigenvalue weighted by molar-refractivity contribution is 8.22. The van der Waals surface area contributed by atoms with Gasteiger partial charge in [0.25, 0.3) is 0 Å². The lowest BCUT2D eigenvalue weighted by Gasteiger charge is -2.41.